The molecule has 3 aromatic rings. The molecule has 2 amide bonds. The standard InChI is InChI=1S/C17H17N3OS/c1-10-4-8-13(9-5-10)18-16(21)20-17-19-14-11(2)6-7-12(3)15(14)22-17/h4-9H,1-3H3,(H2,18,19,20,21). The van der Waals surface area contributed by atoms with Gasteiger partial charge in [0.2, 0.25) is 0 Å². The Morgan fingerprint density at radius 1 is 0.955 bits per heavy atom. The van der Waals surface area contributed by atoms with E-state index < -0.39 is 0 Å². The van der Waals surface area contributed by atoms with E-state index in [-0.39, 0.29) is 6.03 Å². The van der Waals surface area contributed by atoms with Gasteiger partial charge >= 0.3 is 6.03 Å². The number of carbonyl (C=O) groups excluding carboxylic acids is 1. The van der Waals surface area contributed by atoms with Crippen molar-refractivity contribution in [2.24, 2.45) is 0 Å². The Balaban J connectivity index is 1.78. The molecule has 0 saturated carbocycles. The zero-order valence-corrected chi connectivity index (χ0v) is 13.5. The van der Waals surface area contributed by atoms with Gasteiger partial charge in [0.25, 0.3) is 0 Å². The van der Waals surface area contributed by atoms with Crippen LogP contribution in [0, 0.1) is 20.8 Å². The summed E-state index contributed by atoms with van der Waals surface area (Å²) in [7, 11) is 0. The number of amides is 2. The zero-order chi connectivity index (χ0) is 15.7. The van der Waals surface area contributed by atoms with Crippen LogP contribution in [0.4, 0.5) is 15.6 Å². The number of fused-ring (bicyclic) bond motifs is 1. The van der Waals surface area contributed by atoms with Gasteiger partial charge in [-0.3, -0.25) is 5.32 Å². The number of carbonyl (C=O) groups is 1. The number of aryl methyl sites for hydroxylation is 3. The molecule has 0 bridgehead atoms. The van der Waals surface area contributed by atoms with Gasteiger partial charge in [0, 0.05) is 5.69 Å². The predicted octanol–water partition coefficient (Wildman–Crippen LogP) is 4.87. The Morgan fingerprint density at radius 3 is 2.32 bits per heavy atom. The van der Waals surface area contributed by atoms with Crippen molar-refractivity contribution in [1.29, 1.82) is 0 Å². The van der Waals surface area contributed by atoms with Crippen LogP contribution in [0.25, 0.3) is 10.2 Å². The second-order valence-electron chi connectivity index (χ2n) is 5.34. The summed E-state index contributed by atoms with van der Waals surface area (Å²) in [5.41, 5.74) is 5.16. The van der Waals surface area contributed by atoms with Gasteiger partial charge in [-0.25, -0.2) is 9.78 Å². The molecule has 0 radical (unpaired) electrons. The van der Waals surface area contributed by atoms with E-state index in [0.29, 0.717) is 5.13 Å². The van der Waals surface area contributed by atoms with Crippen LogP contribution in [0.15, 0.2) is 36.4 Å². The number of urea groups is 1. The highest BCUT2D eigenvalue weighted by atomic mass is 32.1. The van der Waals surface area contributed by atoms with Crippen LogP contribution in [0.5, 0.6) is 0 Å². The molecule has 22 heavy (non-hydrogen) atoms. The minimum atomic E-state index is -0.279. The lowest BCUT2D eigenvalue weighted by atomic mass is 10.1. The van der Waals surface area contributed by atoms with Crippen molar-refractivity contribution >= 4 is 38.4 Å². The van der Waals surface area contributed by atoms with Crippen molar-refractivity contribution < 1.29 is 4.79 Å². The summed E-state index contributed by atoms with van der Waals surface area (Å²) in [4.78, 5) is 16.6. The maximum Gasteiger partial charge on any atom is 0.325 e. The fraction of sp³-hybridized carbons (Fsp3) is 0.176. The molecule has 0 fully saturated rings. The highest BCUT2D eigenvalue weighted by Gasteiger charge is 2.11. The Hall–Kier alpha value is -2.40. The van der Waals surface area contributed by atoms with Crippen LogP contribution in [-0.4, -0.2) is 11.0 Å². The van der Waals surface area contributed by atoms with Crippen LogP contribution in [0.2, 0.25) is 0 Å². The van der Waals surface area contributed by atoms with Crippen molar-refractivity contribution in [1.82, 2.24) is 4.98 Å². The third kappa shape index (κ3) is 2.94. The number of anilines is 2. The minimum absolute atomic E-state index is 0.279. The van der Waals surface area contributed by atoms with Crippen LogP contribution >= 0.6 is 11.3 Å². The van der Waals surface area contributed by atoms with E-state index in [9.17, 15) is 4.79 Å². The fourth-order valence-corrected chi connectivity index (χ4v) is 3.22. The van der Waals surface area contributed by atoms with Crippen molar-refractivity contribution in [2.45, 2.75) is 20.8 Å². The van der Waals surface area contributed by atoms with Crippen LogP contribution in [-0.2, 0) is 0 Å². The molecule has 0 spiro atoms. The molecule has 0 aliphatic heterocycles. The largest absolute Gasteiger partial charge is 0.325 e. The topological polar surface area (TPSA) is 54.0 Å². The number of rotatable bonds is 2. The lowest BCUT2D eigenvalue weighted by Gasteiger charge is -2.05. The third-order valence-electron chi connectivity index (χ3n) is 3.47. The second kappa shape index (κ2) is 5.77. The van der Waals surface area contributed by atoms with E-state index in [1.165, 1.54) is 16.9 Å². The molecule has 1 heterocycles. The summed E-state index contributed by atoms with van der Waals surface area (Å²) in [5, 5.41) is 6.22. The third-order valence-corrected chi connectivity index (χ3v) is 4.58. The molecular formula is C17H17N3OS. The summed E-state index contributed by atoms with van der Waals surface area (Å²) >= 11 is 1.50. The first kappa shape index (κ1) is 14.5. The van der Waals surface area contributed by atoms with Gasteiger partial charge in [-0.2, -0.15) is 0 Å². The van der Waals surface area contributed by atoms with E-state index in [1.807, 2.05) is 44.2 Å². The molecule has 2 aromatic carbocycles. The summed E-state index contributed by atoms with van der Waals surface area (Å²) in [6.45, 7) is 6.09. The Kier molecular flexibility index (Phi) is 3.81. The summed E-state index contributed by atoms with van der Waals surface area (Å²) < 4.78 is 1.12. The SMILES string of the molecule is Cc1ccc(NC(=O)Nc2nc3c(C)ccc(C)c3s2)cc1. The number of nitrogens with one attached hydrogen (secondary N) is 2. The van der Waals surface area contributed by atoms with Crippen molar-refractivity contribution in [3.05, 3.63) is 53.1 Å². The van der Waals surface area contributed by atoms with E-state index in [0.717, 1.165) is 27.0 Å². The number of hydrogen-bond acceptors (Lipinski definition) is 3. The second-order valence-corrected chi connectivity index (χ2v) is 6.34. The molecule has 0 aliphatic carbocycles. The molecule has 0 unspecified atom stereocenters. The zero-order valence-electron chi connectivity index (χ0n) is 12.7. The number of nitrogens with zero attached hydrogens (tertiary/aromatic N) is 1. The fourth-order valence-electron chi connectivity index (χ4n) is 2.21. The first-order chi connectivity index (χ1) is 10.5. The molecule has 4 nitrogen and oxygen atoms in total. The van der Waals surface area contributed by atoms with Crippen molar-refractivity contribution in [3.8, 4) is 0 Å². The molecule has 0 saturated heterocycles. The number of benzene rings is 2. The molecule has 0 aliphatic rings. The van der Waals surface area contributed by atoms with Gasteiger partial charge in [0.05, 0.1) is 10.2 Å². The van der Waals surface area contributed by atoms with Gasteiger partial charge in [0.1, 0.15) is 0 Å². The number of aromatic nitrogens is 1. The number of hydrogen-bond donors (Lipinski definition) is 2. The number of thiazole rings is 1. The summed E-state index contributed by atoms with van der Waals surface area (Å²) in [6, 6.07) is 11.5. The first-order valence-corrected chi connectivity index (χ1v) is 7.86. The first-order valence-electron chi connectivity index (χ1n) is 7.04. The highest BCUT2D eigenvalue weighted by Crippen LogP contribution is 2.30. The van der Waals surface area contributed by atoms with Gasteiger partial charge in [-0.1, -0.05) is 41.2 Å². The molecule has 0 atom stereocenters. The van der Waals surface area contributed by atoms with Crippen LogP contribution in [0.1, 0.15) is 16.7 Å². The molecule has 2 N–H and O–H groups in total. The maximum absolute atomic E-state index is 12.1. The van der Waals surface area contributed by atoms with Crippen molar-refractivity contribution in [2.75, 3.05) is 10.6 Å². The smallest absolute Gasteiger partial charge is 0.308 e. The molecular weight excluding hydrogens is 294 g/mol. The van der Waals surface area contributed by atoms with Gasteiger partial charge in [0.15, 0.2) is 5.13 Å². The molecule has 5 heteroatoms. The molecule has 112 valence electrons. The highest BCUT2D eigenvalue weighted by molar-refractivity contribution is 7.22. The van der Waals surface area contributed by atoms with Crippen LogP contribution in [0.3, 0.4) is 0 Å². The summed E-state index contributed by atoms with van der Waals surface area (Å²) in [5.74, 6) is 0. The predicted molar refractivity (Wildman–Crippen MR) is 92.9 cm³/mol. The van der Waals surface area contributed by atoms with Crippen LogP contribution < -0.4 is 10.6 Å². The monoisotopic (exact) mass is 311 g/mol. The van der Waals surface area contributed by atoms with E-state index >= 15 is 0 Å². The lowest BCUT2D eigenvalue weighted by molar-refractivity contribution is 0.262. The van der Waals surface area contributed by atoms with E-state index in [4.69, 9.17) is 0 Å². The Bertz CT molecular complexity index is 798. The Morgan fingerprint density at radius 2 is 1.64 bits per heavy atom. The molecule has 1 aromatic heterocycles. The minimum Gasteiger partial charge on any atom is -0.308 e. The van der Waals surface area contributed by atoms with Gasteiger partial charge in [-0.05, 0) is 44.0 Å². The summed E-state index contributed by atoms with van der Waals surface area (Å²) in [6.07, 6.45) is 0. The van der Waals surface area contributed by atoms with Gasteiger partial charge in [-0.15, -0.1) is 0 Å². The lowest BCUT2D eigenvalue weighted by Crippen LogP contribution is -2.19. The quantitative estimate of drug-likeness (QED) is 0.709. The molecule has 3 rings (SSSR count). The Labute approximate surface area is 133 Å². The van der Waals surface area contributed by atoms with Crippen molar-refractivity contribution in [3.63, 3.8) is 0 Å². The van der Waals surface area contributed by atoms with Gasteiger partial charge < -0.3 is 5.32 Å². The van der Waals surface area contributed by atoms with E-state index in [2.05, 4.69) is 28.6 Å². The maximum atomic E-state index is 12.1. The average Bonchev–Trinajstić information content (AvgIpc) is 2.90. The average molecular weight is 311 g/mol. The normalized spacial score (nSPS) is 10.7. The van der Waals surface area contributed by atoms with E-state index in [1.54, 1.807) is 0 Å².